The molecule has 1 rings (SSSR count). The fraction of sp³-hybridized carbons (Fsp3) is 1.00. The third kappa shape index (κ3) is 4.42. The average Bonchev–Trinajstić information content (AvgIpc) is 2.29. The summed E-state index contributed by atoms with van der Waals surface area (Å²) in [4.78, 5) is 0. The number of aliphatic hydroxyl groups is 1. The second-order valence-electron chi connectivity index (χ2n) is 5.66. The Morgan fingerprint density at radius 2 is 1.81 bits per heavy atom. The van der Waals surface area contributed by atoms with Crippen molar-refractivity contribution in [2.24, 2.45) is 11.8 Å². The minimum atomic E-state index is 0.306. The molecular weight excluding hydrogens is 198 g/mol. The Morgan fingerprint density at radius 1 is 1.19 bits per heavy atom. The minimum Gasteiger partial charge on any atom is -0.396 e. The van der Waals surface area contributed by atoms with E-state index in [9.17, 15) is 0 Å². The lowest BCUT2D eigenvalue weighted by Gasteiger charge is -2.33. The number of hydrogen-bond acceptors (Lipinski definition) is 2. The van der Waals surface area contributed by atoms with Crippen LogP contribution in [0.2, 0.25) is 0 Å². The third-order valence-electron chi connectivity index (χ3n) is 4.12. The van der Waals surface area contributed by atoms with E-state index in [0.717, 1.165) is 12.3 Å². The molecule has 1 fully saturated rings. The van der Waals surface area contributed by atoms with Gasteiger partial charge in [0.15, 0.2) is 0 Å². The molecule has 0 bridgehead atoms. The zero-order valence-corrected chi connectivity index (χ0v) is 11.2. The normalized spacial score (nSPS) is 28.3. The van der Waals surface area contributed by atoms with Gasteiger partial charge in [-0.05, 0) is 43.9 Å². The molecule has 0 aromatic rings. The summed E-state index contributed by atoms with van der Waals surface area (Å²) in [7, 11) is 0. The molecule has 1 unspecified atom stereocenters. The Morgan fingerprint density at radius 3 is 2.25 bits per heavy atom. The first-order chi connectivity index (χ1) is 7.67. The SMILES string of the molecule is CCC1CCC(NC(CCO)C(C)C)CC1. The lowest BCUT2D eigenvalue weighted by molar-refractivity contribution is 0.209. The van der Waals surface area contributed by atoms with E-state index in [1.807, 2.05) is 0 Å². The van der Waals surface area contributed by atoms with Gasteiger partial charge in [-0.2, -0.15) is 0 Å². The van der Waals surface area contributed by atoms with Crippen LogP contribution in [-0.2, 0) is 0 Å². The lowest BCUT2D eigenvalue weighted by Crippen LogP contribution is -2.43. The van der Waals surface area contributed by atoms with Gasteiger partial charge in [-0.15, -0.1) is 0 Å². The monoisotopic (exact) mass is 227 g/mol. The Balaban J connectivity index is 2.30. The van der Waals surface area contributed by atoms with Gasteiger partial charge in [0.25, 0.3) is 0 Å². The maximum Gasteiger partial charge on any atom is 0.0445 e. The van der Waals surface area contributed by atoms with Gasteiger partial charge in [-0.1, -0.05) is 27.2 Å². The number of nitrogens with one attached hydrogen (secondary N) is 1. The molecule has 2 N–H and O–H groups in total. The zero-order chi connectivity index (χ0) is 12.0. The van der Waals surface area contributed by atoms with Crippen LogP contribution in [0.3, 0.4) is 0 Å². The minimum absolute atomic E-state index is 0.306. The predicted molar refractivity (Wildman–Crippen MR) is 69.5 cm³/mol. The fourth-order valence-electron chi connectivity index (χ4n) is 2.79. The van der Waals surface area contributed by atoms with Crippen LogP contribution in [0, 0.1) is 11.8 Å². The Labute approximate surface area is 101 Å². The van der Waals surface area contributed by atoms with Crippen molar-refractivity contribution in [3.8, 4) is 0 Å². The van der Waals surface area contributed by atoms with Crippen LogP contribution in [-0.4, -0.2) is 23.8 Å². The summed E-state index contributed by atoms with van der Waals surface area (Å²) in [6.07, 6.45) is 7.67. The van der Waals surface area contributed by atoms with E-state index < -0.39 is 0 Å². The van der Waals surface area contributed by atoms with Crippen molar-refractivity contribution in [3.05, 3.63) is 0 Å². The largest absolute Gasteiger partial charge is 0.396 e. The van der Waals surface area contributed by atoms with E-state index in [2.05, 4.69) is 26.1 Å². The van der Waals surface area contributed by atoms with E-state index in [1.54, 1.807) is 0 Å². The quantitative estimate of drug-likeness (QED) is 0.731. The molecule has 0 aromatic heterocycles. The van der Waals surface area contributed by atoms with Gasteiger partial charge in [0.05, 0.1) is 0 Å². The van der Waals surface area contributed by atoms with Gasteiger partial charge in [0, 0.05) is 18.7 Å². The third-order valence-corrected chi connectivity index (χ3v) is 4.12. The fourth-order valence-corrected chi connectivity index (χ4v) is 2.79. The number of aliphatic hydroxyl groups excluding tert-OH is 1. The number of rotatable bonds is 6. The molecule has 0 amide bonds. The van der Waals surface area contributed by atoms with Crippen molar-refractivity contribution in [2.75, 3.05) is 6.61 Å². The van der Waals surface area contributed by atoms with Crippen molar-refractivity contribution in [2.45, 2.75) is 71.4 Å². The summed E-state index contributed by atoms with van der Waals surface area (Å²) in [6, 6.07) is 1.19. The van der Waals surface area contributed by atoms with Crippen molar-refractivity contribution in [3.63, 3.8) is 0 Å². The van der Waals surface area contributed by atoms with Crippen LogP contribution >= 0.6 is 0 Å². The summed E-state index contributed by atoms with van der Waals surface area (Å²) in [5.41, 5.74) is 0. The molecule has 1 aliphatic carbocycles. The molecule has 1 atom stereocenters. The van der Waals surface area contributed by atoms with Crippen molar-refractivity contribution in [1.82, 2.24) is 5.32 Å². The number of hydrogen-bond donors (Lipinski definition) is 2. The topological polar surface area (TPSA) is 32.3 Å². The van der Waals surface area contributed by atoms with Crippen molar-refractivity contribution >= 4 is 0 Å². The molecule has 2 heteroatoms. The van der Waals surface area contributed by atoms with E-state index in [0.29, 0.717) is 24.6 Å². The molecular formula is C14H29NO. The molecule has 96 valence electrons. The van der Waals surface area contributed by atoms with Crippen LogP contribution in [0.1, 0.15) is 59.3 Å². The lowest BCUT2D eigenvalue weighted by atomic mass is 9.84. The van der Waals surface area contributed by atoms with Crippen LogP contribution < -0.4 is 5.32 Å². The van der Waals surface area contributed by atoms with E-state index in [4.69, 9.17) is 5.11 Å². The molecule has 0 spiro atoms. The smallest absolute Gasteiger partial charge is 0.0445 e. The summed E-state index contributed by atoms with van der Waals surface area (Å²) in [6.45, 7) is 7.09. The summed E-state index contributed by atoms with van der Waals surface area (Å²) < 4.78 is 0. The van der Waals surface area contributed by atoms with Gasteiger partial charge in [-0.25, -0.2) is 0 Å². The first-order valence-corrected chi connectivity index (χ1v) is 7.04. The van der Waals surface area contributed by atoms with Crippen molar-refractivity contribution < 1.29 is 5.11 Å². The van der Waals surface area contributed by atoms with Gasteiger partial charge in [0.1, 0.15) is 0 Å². The summed E-state index contributed by atoms with van der Waals surface area (Å²) >= 11 is 0. The molecule has 0 heterocycles. The van der Waals surface area contributed by atoms with E-state index in [1.165, 1.54) is 32.1 Å². The molecule has 0 aliphatic heterocycles. The van der Waals surface area contributed by atoms with Crippen LogP contribution in [0.25, 0.3) is 0 Å². The first-order valence-electron chi connectivity index (χ1n) is 7.04. The van der Waals surface area contributed by atoms with Gasteiger partial charge in [-0.3, -0.25) is 0 Å². The van der Waals surface area contributed by atoms with E-state index in [-0.39, 0.29) is 0 Å². The summed E-state index contributed by atoms with van der Waals surface area (Å²) in [5, 5.41) is 12.8. The highest BCUT2D eigenvalue weighted by Gasteiger charge is 2.23. The van der Waals surface area contributed by atoms with Crippen LogP contribution in [0.4, 0.5) is 0 Å². The van der Waals surface area contributed by atoms with Crippen molar-refractivity contribution in [1.29, 1.82) is 0 Å². The second kappa shape index (κ2) is 7.29. The maximum absolute atomic E-state index is 9.06. The van der Waals surface area contributed by atoms with E-state index >= 15 is 0 Å². The Bertz CT molecular complexity index is 174. The highest BCUT2D eigenvalue weighted by molar-refractivity contribution is 4.81. The molecule has 0 aromatic carbocycles. The average molecular weight is 227 g/mol. The standard InChI is InChI=1S/C14H29NO/c1-4-12-5-7-13(8-6-12)15-14(9-10-16)11(2)3/h11-16H,4-10H2,1-3H3. The maximum atomic E-state index is 9.06. The summed E-state index contributed by atoms with van der Waals surface area (Å²) in [5.74, 6) is 1.59. The zero-order valence-electron chi connectivity index (χ0n) is 11.2. The van der Waals surface area contributed by atoms with Gasteiger partial charge in [0.2, 0.25) is 0 Å². The van der Waals surface area contributed by atoms with Gasteiger partial charge < -0.3 is 10.4 Å². The van der Waals surface area contributed by atoms with Gasteiger partial charge >= 0.3 is 0 Å². The molecule has 1 aliphatic rings. The molecule has 0 radical (unpaired) electrons. The molecule has 1 saturated carbocycles. The first kappa shape index (κ1) is 14.0. The highest BCUT2D eigenvalue weighted by atomic mass is 16.3. The Hall–Kier alpha value is -0.0800. The Kier molecular flexibility index (Phi) is 6.37. The molecule has 2 nitrogen and oxygen atoms in total. The molecule has 16 heavy (non-hydrogen) atoms. The second-order valence-corrected chi connectivity index (χ2v) is 5.66. The predicted octanol–water partition coefficient (Wildman–Crippen LogP) is 2.95. The van der Waals surface area contributed by atoms with Crippen LogP contribution in [0.15, 0.2) is 0 Å². The van der Waals surface area contributed by atoms with Crippen LogP contribution in [0.5, 0.6) is 0 Å². The highest BCUT2D eigenvalue weighted by Crippen LogP contribution is 2.27. The molecule has 0 saturated heterocycles.